The van der Waals surface area contributed by atoms with E-state index in [0.29, 0.717) is 17.5 Å². The summed E-state index contributed by atoms with van der Waals surface area (Å²) in [4.78, 5) is 17.6. The van der Waals surface area contributed by atoms with Gasteiger partial charge >= 0.3 is 0 Å². The maximum absolute atomic E-state index is 6.83. The Bertz CT molecular complexity index is 2850. The van der Waals surface area contributed by atoms with Crippen LogP contribution in [0.3, 0.4) is 0 Å². The second-order valence-corrected chi connectivity index (χ2v) is 13.3. The van der Waals surface area contributed by atoms with Gasteiger partial charge in [0.05, 0.1) is 5.56 Å². The predicted octanol–water partition coefficient (Wildman–Crippen LogP) is 13.1. The number of benzene rings is 8. The van der Waals surface area contributed by atoms with E-state index in [1.807, 2.05) is 72.8 Å². The van der Waals surface area contributed by atoms with Crippen molar-refractivity contribution >= 4 is 49.8 Å². The molecule has 0 saturated carbocycles. The van der Waals surface area contributed by atoms with Gasteiger partial charge in [-0.05, 0) is 70.4 Å². The minimum absolute atomic E-state index is 0.533. The molecule has 2 heterocycles. The van der Waals surface area contributed by atoms with Crippen molar-refractivity contribution in [2.75, 3.05) is 4.90 Å². The first kappa shape index (κ1) is 31.4. The van der Waals surface area contributed by atoms with Gasteiger partial charge in [0.1, 0.15) is 11.2 Å². The van der Waals surface area contributed by atoms with Crippen LogP contribution in [0.5, 0.6) is 0 Å². The molecular formula is C49H32N4O. The average Bonchev–Trinajstić information content (AvgIpc) is 3.61. The molecule has 0 spiro atoms. The van der Waals surface area contributed by atoms with E-state index in [4.69, 9.17) is 19.4 Å². The summed E-state index contributed by atoms with van der Waals surface area (Å²) in [6, 6.07) is 67.0. The number of rotatable bonds is 7. The molecule has 0 aliphatic carbocycles. The number of nitrogens with zero attached hydrogens (tertiary/aromatic N) is 4. The number of aromatic nitrogens is 3. The Morgan fingerprint density at radius 2 is 0.833 bits per heavy atom. The van der Waals surface area contributed by atoms with Crippen LogP contribution < -0.4 is 4.90 Å². The van der Waals surface area contributed by atoms with Crippen molar-refractivity contribution in [2.24, 2.45) is 0 Å². The SMILES string of the molecule is c1ccc(-c2ccc(N(c3ccccc3)c3cc(-c4nc(-c5ccccc5)nc(-c5ccccc5)n4)c4oc5cc6ccccc6cc5c4c3)cc2)cc1. The van der Waals surface area contributed by atoms with Crippen LogP contribution in [0.15, 0.2) is 199 Å². The van der Waals surface area contributed by atoms with Gasteiger partial charge in [0, 0.05) is 39.0 Å². The zero-order valence-electron chi connectivity index (χ0n) is 29.2. The molecule has 0 atom stereocenters. The molecule has 5 heteroatoms. The summed E-state index contributed by atoms with van der Waals surface area (Å²) in [5, 5.41) is 4.27. The number of hydrogen-bond donors (Lipinski definition) is 0. The average molecular weight is 693 g/mol. The van der Waals surface area contributed by atoms with Crippen molar-refractivity contribution in [3.05, 3.63) is 194 Å². The lowest BCUT2D eigenvalue weighted by Gasteiger charge is -2.26. The first-order valence-corrected chi connectivity index (χ1v) is 18.0. The van der Waals surface area contributed by atoms with E-state index in [0.717, 1.165) is 72.0 Å². The van der Waals surface area contributed by atoms with E-state index in [1.54, 1.807) is 0 Å². The molecule has 0 saturated heterocycles. The molecule has 5 nitrogen and oxygen atoms in total. The van der Waals surface area contributed by atoms with Gasteiger partial charge in [-0.1, -0.05) is 146 Å². The van der Waals surface area contributed by atoms with Gasteiger partial charge in [-0.15, -0.1) is 0 Å². The number of fused-ring (bicyclic) bond motifs is 4. The summed E-state index contributed by atoms with van der Waals surface area (Å²) in [6.07, 6.45) is 0. The molecule has 10 aromatic rings. The van der Waals surface area contributed by atoms with E-state index in [2.05, 4.69) is 126 Å². The van der Waals surface area contributed by atoms with Crippen molar-refractivity contribution in [3.63, 3.8) is 0 Å². The van der Waals surface area contributed by atoms with Gasteiger partial charge in [0.25, 0.3) is 0 Å². The second-order valence-electron chi connectivity index (χ2n) is 13.3. The maximum atomic E-state index is 6.83. The van der Waals surface area contributed by atoms with Crippen molar-refractivity contribution < 1.29 is 4.42 Å². The molecule has 0 N–H and O–H groups in total. The molecule has 0 aliphatic rings. The third-order valence-corrected chi connectivity index (χ3v) is 9.87. The molecule has 0 amide bonds. The minimum atomic E-state index is 0.533. The van der Waals surface area contributed by atoms with Crippen LogP contribution in [-0.4, -0.2) is 15.0 Å². The second kappa shape index (κ2) is 13.3. The molecule has 0 fully saturated rings. The van der Waals surface area contributed by atoms with Crippen LogP contribution in [0.25, 0.3) is 78.0 Å². The number of furan rings is 1. The predicted molar refractivity (Wildman–Crippen MR) is 221 cm³/mol. The van der Waals surface area contributed by atoms with Crippen molar-refractivity contribution in [3.8, 4) is 45.3 Å². The highest BCUT2D eigenvalue weighted by atomic mass is 16.3. The smallest absolute Gasteiger partial charge is 0.167 e. The van der Waals surface area contributed by atoms with E-state index >= 15 is 0 Å². The van der Waals surface area contributed by atoms with Gasteiger partial charge in [0.2, 0.25) is 0 Å². The summed E-state index contributed by atoms with van der Waals surface area (Å²) in [5.41, 5.74) is 9.46. The topological polar surface area (TPSA) is 55.1 Å². The molecule has 0 unspecified atom stereocenters. The molecule has 0 bridgehead atoms. The fourth-order valence-electron chi connectivity index (χ4n) is 7.23. The lowest BCUT2D eigenvalue weighted by Crippen LogP contribution is -2.10. The van der Waals surface area contributed by atoms with Crippen LogP contribution in [0.4, 0.5) is 17.1 Å². The van der Waals surface area contributed by atoms with Gasteiger partial charge in [0.15, 0.2) is 17.5 Å². The number of hydrogen-bond acceptors (Lipinski definition) is 5. The van der Waals surface area contributed by atoms with Gasteiger partial charge < -0.3 is 9.32 Å². The number of anilines is 3. The Morgan fingerprint density at radius 1 is 0.352 bits per heavy atom. The first-order valence-electron chi connectivity index (χ1n) is 18.0. The monoisotopic (exact) mass is 692 g/mol. The summed E-state index contributed by atoms with van der Waals surface area (Å²) < 4.78 is 6.83. The minimum Gasteiger partial charge on any atom is -0.455 e. The van der Waals surface area contributed by atoms with Crippen LogP contribution in [0.1, 0.15) is 0 Å². The van der Waals surface area contributed by atoms with E-state index in [9.17, 15) is 0 Å². The molecule has 254 valence electrons. The molecule has 54 heavy (non-hydrogen) atoms. The largest absolute Gasteiger partial charge is 0.455 e. The van der Waals surface area contributed by atoms with Crippen molar-refractivity contribution in [2.45, 2.75) is 0 Å². The summed E-state index contributed by atoms with van der Waals surface area (Å²) in [5.74, 6) is 1.72. The fraction of sp³-hybridized carbons (Fsp3) is 0. The van der Waals surface area contributed by atoms with Crippen LogP contribution in [0.2, 0.25) is 0 Å². The molecule has 0 radical (unpaired) electrons. The fourth-order valence-corrected chi connectivity index (χ4v) is 7.23. The Labute approximate surface area is 312 Å². The standard InChI is InChI=1S/C49H32N4O/c1-5-15-33(16-6-1)34-25-27-40(28-26-34)53(39-23-11-4-12-24-39)41-31-43-42-29-37-21-13-14-22-38(37)30-45(42)54-46(43)44(32-41)49-51-47(35-17-7-2-8-18-35)50-48(52-49)36-19-9-3-10-20-36/h1-32H. The van der Waals surface area contributed by atoms with Crippen LogP contribution in [-0.2, 0) is 0 Å². The summed E-state index contributed by atoms with van der Waals surface area (Å²) in [7, 11) is 0. The quantitative estimate of drug-likeness (QED) is 0.166. The molecule has 10 rings (SSSR count). The maximum Gasteiger partial charge on any atom is 0.167 e. The summed E-state index contributed by atoms with van der Waals surface area (Å²) >= 11 is 0. The van der Waals surface area contributed by atoms with E-state index in [1.165, 1.54) is 5.56 Å². The highest BCUT2D eigenvalue weighted by Gasteiger charge is 2.23. The molecular weight excluding hydrogens is 661 g/mol. The Hall–Kier alpha value is -7.37. The molecule has 2 aromatic heterocycles. The van der Waals surface area contributed by atoms with Crippen LogP contribution in [0, 0.1) is 0 Å². The normalized spacial score (nSPS) is 11.3. The molecule has 0 aliphatic heterocycles. The Kier molecular flexibility index (Phi) is 7.73. The van der Waals surface area contributed by atoms with Gasteiger partial charge in [-0.25, -0.2) is 15.0 Å². The lowest BCUT2D eigenvalue weighted by atomic mass is 10.0. The Morgan fingerprint density at radius 3 is 1.44 bits per heavy atom. The van der Waals surface area contributed by atoms with E-state index in [-0.39, 0.29) is 0 Å². The zero-order valence-corrected chi connectivity index (χ0v) is 29.2. The highest BCUT2D eigenvalue weighted by molar-refractivity contribution is 6.14. The third kappa shape index (κ3) is 5.74. The lowest BCUT2D eigenvalue weighted by molar-refractivity contribution is 0.670. The zero-order chi connectivity index (χ0) is 35.8. The summed E-state index contributed by atoms with van der Waals surface area (Å²) in [6.45, 7) is 0. The van der Waals surface area contributed by atoms with Crippen molar-refractivity contribution in [1.29, 1.82) is 0 Å². The number of para-hydroxylation sites is 1. The first-order chi connectivity index (χ1) is 26.7. The van der Waals surface area contributed by atoms with Gasteiger partial charge in [-0.3, -0.25) is 0 Å². The van der Waals surface area contributed by atoms with Crippen molar-refractivity contribution in [1.82, 2.24) is 15.0 Å². The van der Waals surface area contributed by atoms with Crippen LogP contribution >= 0.6 is 0 Å². The molecule has 8 aromatic carbocycles. The van der Waals surface area contributed by atoms with E-state index < -0.39 is 0 Å². The Balaban J connectivity index is 1.25. The van der Waals surface area contributed by atoms with Gasteiger partial charge in [-0.2, -0.15) is 0 Å². The highest BCUT2D eigenvalue weighted by Crippen LogP contribution is 2.44. The third-order valence-electron chi connectivity index (χ3n) is 9.87.